The molecule has 1 unspecified atom stereocenters. The molecule has 0 radical (unpaired) electrons. The van der Waals surface area contributed by atoms with E-state index in [1.807, 2.05) is 22.9 Å². The average Bonchev–Trinajstić information content (AvgIpc) is 3.04. The lowest BCUT2D eigenvalue weighted by Crippen LogP contribution is -2.33. The Kier molecular flexibility index (Phi) is 6.22. The van der Waals surface area contributed by atoms with Crippen LogP contribution in [0.4, 0.5) is 0 Å². The highest BCUT2D eigenvalue weighted by Gasteiger charge is 2.26. The molecule has 148 valence electrons. The molecule has 5 heteroatoms. The largest absolute Gasteiger partial charge is 0.497 e. The number of aliphatic hydroxyl groups excluding tert-OH is 1. The normalized spacial score (nSPS) is 16.2. The monoisotopic (exact) mass is 371 g/mol. The van der Waals surface area contributed by atoms with Crippen LogP contribution in [0.1, 0.15) is 45.6 Å². The van der Waals surface area contributed by atoms with E-state index in [0.29, 0.717) is 11.8 Å². The first kappa shape index (κ1) is 19.9. The molecule has 0 saturated heterocycles. The number of aromatic nitrogens is 2. The molecule has 1 aliphatic rings. The second-order valence-corrected chi connectivity index (χ2v) is 8.61. The zero-order chi connectivity index (χ0) is 19.4. The fourth-order valence-electron chi connectivity index (χ4n) is 3.58. The Hall–Kier alpha value is -1.85. The van der Waals surface area contributed by atoms with E-state index in [4.69, 9.17) is 9.84 Å². The lowest BCUT2D eigenvalue weighted by Gasteiger charge is -2.32. The van der Waals surface area contributed by atoms with Gasteiger partial charge >= 0.3 is 0 Å². The fraction of sp³-hybridized carbons (Fsp3) is 0.591. The molecule has 3 rings (SSSR count). The van der Waals surface area contributed by atoms with Gasteiger partial charge in [-0.25, -0.2) is 0 Å². The highest BCUT2D eigenvalue weighted by Crippen LogP contribution is 2.33. The lowest BCUT2D eigenvalue weighted by molar-refractivity contribution is 0.122. The van der Waals surface area contributed by atoms with Crippen LogP contribution in [0.5, 0.6) is 5.75 Å². The molecule has 1 atom stereocenters. The van der Waals surface area contributed by atoms with E-state index < -0.39 is 0 Å². The number of aliphatic hydroxyl groups is 1. The van der Waals surface area contributed by atoms with E-state index in [1.54, 1.807) is 7.11 Å². The molecular weight excluding hydrogens is 338 g/mol. The van der Waals surface area contributed by atoms with Gasteiger partial charge in [-0.05, 0) is 44.7 Å². The number of hydrogen-bond donors (Lipinski definition) is 2. The standard InChI is InChI=1S/C22H33N3O2/c1-22(2,3)25-14-18(12-23-13-19(15-26)16-7-5-8-16)21(24-25)17-9-6-10-20(11-17)27-4/h6,9-11,14,16,19,23,26H,5,7-8,12-13,15H2,1-4H3. The summed E-state index contributed by atoms with van der Waals surface area (Å²) in [7, 11) is 1.69. The van der Waals surface area contributed by atoms with Gasteiger partial charge in [0.2, 0.25) is 0 Å². The molecule has 2 aromatic rings. The summed E-state index contributed by atoms with van der Waals surface area (Å²) in [5.41, 5.74) is 3.14. The Labute approximate surface area is 162 Å². The number of benzene rings is 1. The third-order valence-corrected chi connectivity index (χ3v) is 5.59. The molecule has 1 aromatic carbocycles. The first-order chi connectivity index (χ1) is 12.9. The summed E-state index contributed by atoms with van der Waals surface area (Å²) in [6.45, 7) is 8.33. The van der Waals surface area contributed by atoms with Crippen molar-refractivity contribution in [1.29, 1.82) is 0 Å². The summed E-state index contributed by atoms with van der Waals surface area (Å²) in [4.78, 5) is 0. The SMILES string of the molecule is COc1cccc(-c2nn(C(C)(C)C)cc2CNCC(CO)C2CCC2)c1. The van der Waals surface area contributed by atoms with E-state index in [2.05, 4.69) is 38.4 Å². The minimum atomic E-state index is -0.0779. The van der Waals surface area contributed by atoms with Gasteiger partial charge in [0.1, 0.15) is 5.75 Å². The Bertz CT molecular complexity index is 744. The Balaban J connectivity index is 1.78. The van der Waals surface area contributed by atoms with Crippen molar-refractivity contribution < 1.29 is 9.84 Å². The predicted octanol–water partition coefficient (Wildman–Crippen LogP) is 3.81. The van der Waals surface area contributed by atoms with Crippen molar-refractivity contribution in [3.8, 4) is 17.0 Å². The van der Waals surface area contributed by atoms with Gasteiger partial charge in [-0.15, -0.1) is 0 Å². The Morgan fingerprint density at radius 3 is 2.70 bits per heavy atom. The minimum absolute atomic E-state index is 0.0779. The number of rotatable bonds is 8. The minimum Gasteiger partial charge on any atom is -0.497 e. The van der Waals surface area contributed by atoms with Crippen LogP contribution in [0.3, 0.4) is 0 Å². The molecule has 0 amide bonds. The highest BCUT2D eigenvalue weighted by molar-refractivity contribution is 5.64. The van der Waals surface area contributed by atoms with Gasteiger partial charge in [-0.3, -0.25) is 4.68 Å². The van der Waals surface area contributed by atoms with Crippen LogP contribution >= 0.6 is 0 Å². The van der Waals surface area contributed by atoms with Gasteiger partial charge in [0, 0.05) is 37.0 Å². The number of nitrogens with zero attached hydrogens (tertiary/aromatic N) is 2. The smallest absolute Gasteiger partial charge is 0.119 e. The fourth-order valence-corrected chi connectivity index (χ4v) is 3.58. The van der Waals surface area contributed by atoms with Gasteiger partial charge in [0.05, 0.1) is 18.3 Å². The van der Waals surface area contributed by atoms with Crippen LogP contribution in [0.15, 0.2) is 30.5 Å². The molecule has 0 aliphatic heterocycles. The second-order valence-electron chi connectivity index (χ2n) is 8.61. The summed E-state index contributed by atoms with van der Waals surface area (Å²) in [5.74, 6) is 1.87. The topological polar surface area (TPSA) is 59.3 Å². The van der Waals surface area contributed by atoms with Crippen LogP contribution in [-0.4, -0.2) is 35.1 Å². The molecular formula is C22H33N3O2. The molecule has 0 bridgehead atoms. The van der Waals surface area contributed by atoms with Crippen molar-refractivity contribution in [3.05, 3.63) is 36.0 Å². The van der Waals surface area contributed by atoms with Crippen molar-refractivity contribution in [2.75, 3.05) is 20.3 Å². The first-order valence-electron chi connectivity index (χ1n) is 9.97. The highest BCUT2D eigenvalue weighted by atomic mass is 16.5. The van der Waals surface area contributed by atoms with Crippen molar-refractivity contribution in [1.82, 2.24) is 15.1 Å². The molecule has 5 nitrogen and oxygen atoms in total. The van der Waals surface area contributed by atoms with E-state index in [9.17, 15) is 5.11 Å². The van der Waals surface area contributed by atoms with E-state index in [0.717, 1.165) is 30.1 Å². The van der Waals surface area contributed by atoms with E-state index in [-0.39, 0.29) is 12.1 Å². The number of hydrogen-bond acceptors (Lipinski definition) is 4. The summed E-state index contributed by atoms with van der Waals surface area (Å²) in [6.07, 6.45) is 5.95. The first-order valence-corrected chi connectivity index (χ1v) is 9.97. The summed E-state index contributed by atoms with van der Waals surface area (Å²) in [5, 5.41) is 18.1. The number of ether oxygens (including phenoxy) is 1. The molecule has 1 saturated carbocycles. The maximum absolute atomic E-state index is 9.69. The Morgan fingerprint density at radius 1 is 1.33 bits per heavy atom. The quantitative estimate of drug-likeness (QED) is 0.741. The lowest BCUT2D eigenvalue weighted by atomic mass is 9.76. The van der Waals surface area contributed by atoms with Crippen LogP contribution in [0, 0.1) is 11.8 Å². The van der Waals surface area contributed by atoms with Crippen LogP contribution in [0.25, 0.3) is 11.3 Å². The van der Waals surface area contributed by atoms with Crippen molar-refractivity contribution in [2.45, 2.75) is 52.1 Å². The molecule has 1 fully saturated rings. The summed E-state index contributed by atoms with van der Waals surface area (Å²) >= 11 is 0. The maximum atomic E-state index is 9.69. The van der Waals surface area contributed by atoms with Crippen molar-refractivity contribution >= 4 is 0 Å². The van der Waals surface area contributed by atoms with Crippen LogP contribution < -0.4 is 10.1 Å². The van der Waals surface area contributed by atoms with Crippen LogP contribution in [0.2, 0.25) is 0 Å². The van der Waals surface area contributed by atoms with Gasteiger partial charge < -0.3 is 15.2 Å². The number of nitrogens with one attached hydrogen (secondary N) is 1. The molecule has 1 heterocycles. The summed E-state index contributed by atoms with van der Waals surface area (Å²) in [6, 6.07) is 8.06. The average molecular weight is 372 g/mol. The molecule has 0 spiro atoms. The van der Waals surface area contributed by atoms with Crippen molar-refractivity contribution in [3.63, 3.8) is 0 Å². The third-order valence-electron chi connectivity index (χ3n) is 5.59. The number of methoxy groups -OCH3 is 1. The van der Waals surface area contributed by atoms with Gasteiger partial charge in [0.25, 0.3) is 0 Å². The summed E-state index contributed by atoms with van der Waals surface area (Å²) < 4.78 is 7.42. The molecule has 2 N–H and O–H groups in total. The molecule has 27 heavy (non-hydrogen) atoms. The Morgan fingerprint density at radius 2 is 2.11 bits per heavy atom. The zero-order valence-corrected chi connectivity index (χ0v) is 17.0. The van der Waals surface area contributed by atoms with E-state index in [1.165, 1.54) is 24.8 Å². The zero-order valence-electron chi connectivity index (χ0n) is 17.0. The predicted molar refractivity (Wildman–Crippen MR) is 109 cm³/mol. The van der Waals surface area contributed by atoms with E-state index >= 15 is 0 Å². The second kappa shape index (κ2) is 8.44. The molecule has 1 aliphatic carbocycles. The maximum Gasteiger partial charge on any atom is 0.119 e. The van der Waals surface area contributed by atoms with Gasteiger partial charge in [-0.2, -0.15) is 5.10 Å². The van der Waals surface area contributed by atoms with Crippen molar-refractivity contribution in [2.24, 2.45) is 11.8 Å². The third kappa shape index (κ3) is 4.71. The van der Waals surface area contributed by atoms with Gasteiger partial charge in [-0.1, -0.05) is 31.4 Å². The van der Waals surface area contributed by atoms with Gasteiger partial charge in [0.15, 0.2) is 0 Å². The molecule has 1 aromatic heterocycles. The van der Waals surface area contributed by atoms with Crippen LogP contribution in [-0.2, 0) is 12.1 Å².